The molecule has 1 saturated heterocycles. The fourth-order valence-electron chi connectivity index (χ4n) is 5.38. The molecule has 1 fully saturated rings. The first-order chi connectivity index (χ1) is 17.8. The van der Waals surface area contributed by atoms with Crippen molar-refractivity contribution in [3.05, 3.63) is 51.9 Å². The molecular formula is C26H28F5N5OS. The quantitative estimate of drug-likeness (QED) is 0.480. The van der Waals surface area contributed by atoms with Gasteiger partial charge in [0, 0.05) is 71.0 Å². The highest BCUT2D eigenvalue weighted by atomic mass is 32.2. The topological polar surface area (TPSA) is 53.4 Å². The number of anilines is 1. The number of alkyl halides is 3. The number of piperazine rings is 1. The van der Waals surface area contributed by atoms with Crippen molar-refractivity contribution in [1.82, 2.24) is 19.8 Å². The zero-order valence-corrected chi connectivity index (χ0v) is 22.2. The first kappa shape index (κ1) is 26.9. The molecule has 204 valence electrons. The predicted octanol–water partition coefficient (Wildman–Crippen LogP) is 4.58. The van der Waals surface area contributed by atoms with Crippen LogP contribution in [0.2, 0.25) is 0 Å². The highest BCUT2D eigenvalue weighted by molar-refractivity contribution is 7.99. The number of likely N-dealkylation sites (N-methyl/N-ethyl adjacent to an activating group) is 1. The Morgan fingerprint density at radius 1 is 1.08 bits per heavy atom. The summed E-state index contributed by atoms with van der Waals surface area (Å²) in [6.45, 7) is 5.03. The molecule has 0 radical (unpaired) electrons. The third kappa shape index (κ3) is 4.77. The van der Waals surface area contributed by atoms with Gasteiger partial charge in [-0.15, -0.1) is 11.8 Å². The molecule has 3 heterocycles. The van der Waals surface area contributed by atoms with Crippen LogP contribution in [-0.2, 0) is 12.7 Å². The number of nitrogens with zero attached hydrogens (tertiary/aromatic N) is 4. The first-order valence-corrected chi connectivity index (χ1v) is 13.3. The van der Waals surface area contributed by atoms with Crippen LogP contribution in [0.1, 0.15) is 19.4 Å². The maximum Gasteiger partial charge on any atom is 0.417 e. The van der Waals surface area contributed by atoms with Gasteiger partial charge in [-0.3, -0.25) is 4.57 Å². The maximum atomic E-state index is 15.1. The van der Waals surface area contributed by atoms with Gasteiger partial charge in [-0.1, -0.05) is 0 Å². The van der Waals surface area contributed by atoms with Gasteiger partial charge < -0.3 is 15.1 Å². The van der Waals surface area contributed by atoms with E-state index >= 15 is 4.39 Å². The van der Waals surface area contributed by atoms with Gasteiger partial charge in [0.15, 0.2) is 0 Å². The van der Waals surface area contributed by atoms with Crippen LogP contribution in [-0.4, -0.2) is 65.5 Å². The molecule has 0 saturated carbocycles. The van der Waals surface area contributed by atoms with E-state index in [0.717, 1.165) is 30.0 Å². The number of hydrogen-bond acceptors (Lipinski definition) is 6. The van der Waals surface area contributed by atoms with Crippen molar-refractivity contribution < 1.29 is 22.0 Å². The lowest BCUT2D eigenvalue weighted by atomic mass is 9.95. The van der Waals surface area contributed by atoms with Crippen LogP contribution in [0.25, 0.3) is 22.0 Å². The summed E-state index contributed by atoms with van der Waals surface area (Å²) in [7, 11) is 3.66. The van der Waals surface area contributed by atoms with Gasteiger partial charge in [0.1, 0.15) is 17.5 Å². The van der Waals surface area contributed by atoms with Crippen molar-refractivity contribution in [3.63, 3.8) is 0 Å². The number of thioether (sulfide) groups is 1. The van der Waals surface area contributed by atoms with Gasteiger partial charge in [0.2, 0.25) is 0 Å². The zero-order valence-electron chi connectivity index (χ0n) is 21.4. The fraction of sp³-hybridized carbons (Fsp3) is 0.462. The summed E-state index contributed by atoms with van der Waals surface area (Å²) < 4.78 is 74.2. The van der Waals surface area contributed by atoms with Crippen LogP contribution in [0.5, 0.6) is 0 Å². The Balaban J connectivity index is 1.91. The van der Waals surface area contributed by atoms with E-state index in [2.05, 4.69) is 10.3 Å². The SMILES string of the molecule is C[C@@H]1CN(c2nc(=O)n3c4c(c(-c5ccc(F)cc5F)c(C(F)(F)F)cc24)SC[C@H](N(C)C)C3)C[C@@H](C)N1. The van der Waals surface area contributed by atoms with Gasteiger partial charge in [0.05, 0.1) is 11.1 Å². The van der Waals surface area contributed by atoms with Crippen LogP contribution in [0, 0.1) is 11.6 Å². The molecule has 38 heavy (non-hydrogen) atoms. The third-order valence-electron chi connectivity index (χ3n) is 7.11. The molecule has 1 N–H and O–H groups in total. The molecule has 0 spiro atoms. The lowest BCUT2D eigenvalue weighted by Crippen LogP contribution is -2.55. The fourth-order valence-corrected chi connectivity index (χ4v) is 6.87. The molecule has 3 aromatic rings. The van der Waals surface area contributed by atoms with E-state index in [1.54, 1.807) is 0 Å². The number of rotatable bonds is 3. The third-order valence-corrected chi connectivity index (χ3v) is 8.34. The molecule has 1 aromatic heterocycles. The second-order valence-corrected chi connectivity index (χ2v) is 11.3. The molecule has 6 nitrogen and oxygen atoms in total. The zero-order chi connectivity index (χ0) is 27.5. The van der Waals surface area contributed by atoms with E-state index in [0.29, 0.717) is 30.4 Å². The van der Waals surface area contributed by atoms with E-state index in [1.165, 1.54) is 4.57 Å². The lowest BCUT2D eigenvalue weighted by molar-refractivity contribution is -0.137. The summed E-state index contributed by atoms with van der Waals surface area (Å²) in [6, 6.07) is 3.37. The van der Waals surface area contributed by atoms with E-state index in [-0.39, 0.29) is 51.9 Å². The lowest BCUT2D eigenvalue weighted by Gasteiger charge is -2.37. The van der Waals surface area contributed by atoms with Crippen LogP contribution in [0.4, 0.5) is 27.8 Å². The van der Waals surface area contributed by atoms with Crippen LogP contribution in [0.15, 0.2) is 34.0 Å². The molecule has 0 bridgehead atoms. The van der Waals surface area contributed by atoms with Crippen LogP contribution >= 0.6 is 11.8 Å². The van der Waals surface area contributed by atoms with Gasteiger partial charge in [-0.25, -0.2) is 13.6 Å². The van der Waals surface area contributed by atoms with Gasteiger partial charge in [-0.05, 0) is 46.1 Å². The monoisotopic (exact) mass is 553 g/mol. The number of nitrogens with one attached hydrogen (secondary N) is 1. The second-order valence-electron chi connectivity index (χ2n) is 10.3. The Morgan fingerprint density at radius 3 is 2.37 bits per heavy atom. The van der Waals surface area contributed by atoms with E-state index in [4.69, 9.17) is 0 Å². The van der Waals surface area contributed by atoms with Crippen molar-refractivity contribution in [2.24, 2.45) is 0 Å². The van der Waals surface area contributed by atoms with Crippen molar-refractivity contribution in [1.29, 1.82) is 0 Å². The van der Waals surface area contributed by atoms with Crippen molar-refractivity contribution in [2.75, 3.05) is 37.8 Å². The molecule has 2 aliphatic heterocycles. The number of halogens is 5. The average Bonchev–Trinajstić information content (AvgIpc) is 3.01. The Labute approximate surface area is 220 Å². The largest absolute Gasteiger partial charge is 0.417 e. The normalized spacial score (nSPS) is 22.3. The van der Waals surface area contributed by atoms with Crippen molar-refractivity contribution in [2.45, 2.75) is 49.6 Å². The molecule has 2 aromatic carbocycles. The van der Waals surface area contributed by atoms with Crippen LogP contribution in [0.3, 0.4) is 0 Å². The first-order valence-electron chi connectivity index (χ1n) is 12.3. The Hall–Kier alpha value is -2.70. The molecule has 5 rings (SSSR count). The number of hydrogen-bond donors (Lipinski definition) is 1. The van der Waals surface area contributed by atoms with Crippen molar-refractivity contribution >= 4 is 28.5 Å². The standard InChI is InChI=1S/C26H28F5N5OS/c1-13-9-35(10-14(2)32-13)24-18-8-19(26(29,30)31)21(17-6-5-15(27)7-20(17)28)23-22(18)36(25(37)33-24)11-16(12-38-23)34(3)4/h5-8,13-14,16,32H,9-12H2,1-4H3/t13-,14-,16-/m1/s1. The van der Waals surface area contributed by atoms with Gasteiger partial charge in [0.25, 0.3) is 0 Å². The number of benzene rings is 2. The Bertz CT molecular complexity index is 1450. The van der Waals surface area contributed by atoms with E-state index in [9.17, 15) is 22.4 Å². The summed E-state index contributed by atoms with van der Waals surface area (Å²) in [5, 5.41) is 3.56. The Morgan fingerprint density at radius 2 is 1.76 bits per heavy atom. The highest BCUT2D eigenvalue weighted by Crippen LogP contribution is 2.48. The summed E-state index contributed by atoms with van der Waals surface area (Å²) in [5.74, 6) is -1.45. The van der Waals surface area contributed by atoms with Gasteiger partial charge in [-0.2, -0.15) is 18.2 Å². The summed E-state index contributed by atoms with van der Waals surface area (Å²) in [4.78, 5) is 21.7. The summed E-state index contributed by atoms with van der Waals surface area (Å²) in [5.41, 5.74) is -2.09. The molecule has 0 unspecified atom stereocenters. The molecule has 0 aliphatic carbocycles. The molecule has 2 aliphatic rings. The highest BCUT2D eigenvalue weighted by Gasteiger charge is 2.39. The molecule has 12 heteroatoms. The minimum atomic E-state index is -4.85. The molecule has 3 atom stereocenters. The predicted molar refractivity (Wildman–Crippen MR) is 139 cm³/mol. The molecular weight excluding hydrogens is 525 g/mol. The van der Waals surface area contributed by atoms with E-state index < -0.39 is 29.1 Å². The molecule has 0 amide bonds. The summed E-state index contributed by atoms with van der Waals surface area (Å²) in [6.07, 6.45) is -4.85. The van der Waals surface area contributed by atoms with E-state index in [1.807, 2.05) is 37.7 Å². The summed E-state index contributed by atoms with van der Waals surface area (Å²) >= 11 is 1.15. The van der Waals surface area contributed by atoms with Crippen LogP contribution < -0.4 is 15.9 Å². The minimum absolute atomic E-state index is 0.0235. The minimum Gasteiger partial charge on any atom is -0.353 e. The van der Waals surface area contributed by atoms with Gasteiger partial charge >= 0.3 is 11.9 Å². The smallest absolute Gasteiger partial charge is 0.353 e. The maximum absolute atomic E-state index is 15.1. The second kappa shape index (κ2) is 9.80. The Kier molecular flexibility index (Phi) is 6.93. The number of aromatic nitrogens is 2. The average molecular weight is 554 g/mol. The van der Waals surface area contributed by atoms with Crippen molar-refractivity contribution in [3.8, 4) is 11.1 Å².